The molecule has 2 N–H and O–H groups in total. The smallest absolute Gasteiger partial charge is 0.191 e. The zero-order valence-electron chi connectivity index (χ0n) is 16.2. The minimum Gasteiger partial charge on any atom is -0.374 e. The molecular formula is C19H32FIN4O. The monoisotopic (exact) mass is 478 g/mol. The highest BCUT2D eigenvalue weighted by atomic mass is 127. The summed E-state index contributed by atoms with van der Waals surface area (Å²) in [6, 6.07) is 5.14. The maximum Gasteiger partial charge on any atom is 0.191 e. The van der Waals surface area contributed by atoms with Crippen molar-refractivity contribution in [3.05, 3.63) is 35.1 Å². The molecule has 1 aromatic carbocycles. The van der Waals surface area contributed by atoms with Gasteiger partial charge < -0.3 is 15.4 Å². The molecule has 0 radical (unpaired) electrons. The fraction of sp³-hybridized carbons (Fsp3) is 0.632. The number of nitrogens with one attached hydrogen (secondary N) is 2. The average Bonchev–Trinajstić information content (AvgIpc) is 2.58. The fourth-order valence-corrected chi connectivity index (χ4v) is 3.02. The number of benzene rings is 1. The number of morpholine rings is 1. The molecule has 1 fully saturated rings. The predicted octanol–water partition coefficient (Wildman–Crippen LogP) is 2.77. The molecule has 0 saturated carbocycles. The number of aryl methyl sites for hydroxylation is 1. The summed E-state index contributed by atoms with van der Waals surface area (Å²) in [6.07, 6.45) is 0.166. The molecule has 1 heterocycles. The van der Waals surface area contributed by atoms with E-state index in [4.69, 9.17) is 4.74 Å². The van der Waals surface area contributed by atoms with Crippen molar-refractivity contribution in [3.63, 3.8) is 0 Å². The molecular weight excluding hydrogens is 446 g/mol. The van der Waals surface area contributed by atoms with Gasteiger partial charge in [-0.2, -0.15) is 0 Å². The average molecular weight is 478 g/mol. The molecule has 0 amide bonds. The number of ether oxygens (including phenoxy) is 1. The Morgan fingerprint density at radius 1 is 1.38 bits per heavy atom. The van der Waals surface area contributed by atoms with Crippen molar-refractivity contribution in [3.8, 4) is 0 Å². The van der Waals surface area contributed by atoms with Gasteiger partial charge in [0.25, 0.3) is 0 Å². The maximum absolute atomic E-state index is 13.3. The van der Waals surface area contributed by atoms with E-state index in [1.807, 2.05) is 6.07 Å². The van der Waals surface area contributed by atoms with E-state index in [1.54, 1.807) is 20.0 Å². The predicted molar refractivity (Wildman–Crippen MR) is 116 cm³/mol. The van der Waals surface area contributed by atoms with Gasteiger partial charge in [-0.1, -0.05) is 26.0 Å². The van der Waals surface area contributed by atoms with Gasteiger partial charge in [0.2, 0.25) is 0 Å². The van der Waals surface area contributed by atoms with Crippen LogP contribution >= 0.6 is 24.0 Å². The van der Waals surface area contributed by atoms with Gasteiger partial charge in [0, 0.05) is 39.8 Å². The first-order chi connectivity index (χ1) is 12.0. The van der Waals surface area contributed by atoms with Crippen LogP contribution in [0.5, 0.6) is 0 Å². The molecule has 2 rings (SSSR count). The Kier molecular flexibility index (Phi) is 10.4. The van der Waals surface area contributed by atoms with E-state index < -0.39 is 0 Å². The van der Waals surface area contributed by atoms with E-state index in [2.05, 4.69) is 34.4 Å². The van der Waals surface area contributed by atoms with Crippen LogP contribution in [-0.4, -0.2) is 56.8 Å². The Morgan fingerprint density at radius 3 is 2.81 bits per heavy atom. The van der Waals surface area contributed by atoms with Gasteiger partial charge in [-0.25, -0.2) is 4.39 Å². The summed E-state index contributed by atoms with van der Waals surface area (Å²) < 4.78 is 19.2. The van der Waals surface area contributed by atoms with Crippen LogP contribution in [0.1, 0.15) is 25.0 Å². The number of hydrogen-bond acceptors (Lipinski definition) is 3. The molecule has 5 nitrogen and oxygen atoms in total. The Labute approximate surface area is 173 Å². The summed E-state index contributed by atoms with van der Waals surface area (Å²) in [5, 5.41) is 6.59. The Balaban J connectivity index is 0.00000338. The van der Waals surface area contributed by atoms with Crippen LogP contribution in [0.2, 0.25) is 0 Å². The standard InChI is InChI=1S/C19H31FN4O.HI/c1-14(2)12-24-7-8-25-17(13-24)11-23-19(21-4)22-10-16-5-6-18(20)15(3)9-16;/h5-6,9,14,17H,7-8,10-13H2,1-4H3,(H2,21,22,23);1H. The number of rotatable bonds is 6. The molecule has 0 bridgehead atoms. The summed E-state index contributed by atoms with van der Waals surface area (Å²) in [5.74, 6) is 1.22. The van der Waals surface area contributed by atoms with Gasteiger partial charge in [-0.05, 0) is 30.0 Å². The SMILES string of the molecule is CN=C(NCc1ccc(F)c(C)c1)NCC1CN(CC(C)C)CCO1.I. The molecule has 148 valence electrons. The van der Waals surface area contributed by atoms with Gasteiger partial charge in [-0.15, -0.1) is 24.0 Å². The van der Waals surface area contributed by atoms with Crippen molar-refractivity contribution < 1.29 is 9.13 Å². The third-order valence-corrected chi connectivity index (χ3v) is 4.25. The molecule has 7 heteroatoms. The molecule has 1 aliphatic rings. The Hall–Kier alpha value is -0.930. The molecule has 26 heavy (non-hydrogen) atoms. The first-order valence-corrected chi connectivity index (χ1v) is 9.01. The third-order valence-electron chi connectivity index (χ3n) is 4.25. The van der Waals surface area contributed by atoms with E-state index >= 15 is 0 Å². The third kappa shape index (κ3) is 7.75. The van der Waals surface area contributed by atoms with Gasteiger partial charge in [0.15, 0.2) is 5.96 Å². The summed E-state index contributed by atoms with van der Waals surface area (Å²) in [4.78, 5) is 6.70. The van der Waals surface area contributed by atoms with Gasteiger partial charge in [0.05, 0.1) is 12.7 Å². The van der Waals surface area contributed by atoms with Crippen molar-refractivity contribution >= 4 is 29.9 Å². The van der Waals surface area contributed by atoms with Crippen LogP contribution in [0.25, 0.3) is 0 Å². The van der Waals surface area contributed by atoms with E-state index in [1.165, 1.54) is 6.07 Å². The van der Waals surface area contributed by atoms with Gasteiger partial charge in [-0.3, -0.25) is 9.89 Å². The summed E-state index contributed by atoms with van der Waals surface area (Å²) in [7, 11) is 1.75. The second kappa shape index (κ2) is 11.7. The topological polar surface area (TPSA) is 48.9 Å². The molecule has 1 atom stereocenters. The number of hydrogen-bond donors (Lipinski definition) is 2. The normalized spacial score (nSPS) is 18.5. The zero-order valence-corrected chi connectivity index (χ0v) is 18.5. The lowest BCUT2D eigenvalue weighted by Crippen LogP contribution is -2.50. The van der Waals surface area contributed by atoms with Crippen LogP contribution < -0.4 is 10.6 Å². The lowest BCUT2D eigenvalue weighted by molar-refractivity contribution is -0.0284. The second-order valence-electron chi connectivity index (χ2n) is 7.04. The first kappa shape index (κ1) is 23.1. The van der Waals surface area contributed by atoms with Gasteiger partial charge >= 0.3 is 0 Å². The van der Waals surface area contributed by atoms with E-state index in [0.717, 1.165) is 44.3 Å². The molecule has 1 aromatic rings. The first-order valence-electron chi connectivity index (χ1n) is 9.01. The van der Waals surface area contributed by atoms with Crippen molar-refractivity contribution in [2.45, 2.75) is 33.4 Å². The van der Waals surface area contributed by atoms with Crippen molar-refractivity contribution in [2.75, 3.05) is 39.8 Å². The largest absolute Gasteiger partial charge is 0.374 e. The highest BCUT2D eigenvalue weighted by Crippen LogP contribution is 2.09. The highest BCUT2D eigenvalue weighted by molar-refractivity contribution is 14.0. The molecule has 0 aliphatic carbocycles. The van der Waals surface area contributed by atoms with Crippen molar-refractivity contribution in [1.82, 2.24) is 15.5 Å². The van der Waals surface area contributed by atoms with E-state index in [-0.39, 0.29) is 35.9 Å². The second-order valence-corrected chi connectivity index (χ2v) is 7.04. The lowest BCUT2D eigenvalue weighted by Gasteiger charge is -2.34. The van der Waals surface area contributed by atoms with Gasteiger partial charge in [0.1, 0.15) is 5.82 Å². The minimum atomic E-state index is -0.174. The molecule has 1 saturated heterocycles. The van der Waals surface area contributed by atoms with Crippen LogP contribution in [0.3, 0.4) is 0 Å². The zero-order chi connectivity index (χ0) is 18.2. The number of aliphatic imine (C=N–C) groups is 1. The van der Waals surface area contributed by atoms with Crippen molar-refractivity contribution in [1.29, 1.82) is 0 Å². The summed E-state index contributed by atoms with van der Waals surface area (Å²) in [5.41, 5.74) is 1.68. The van der Waals surface area contributed by atoms with Crippen LogP contribution in [0.15, 0.2) is 23.2 Å². The van der Waals surface area contributed by atoms with Crippen LogP contribution in [-0.2, 0) is 11.3 Å². The number of nitrogens with zero attached hydrogens (tertiary/aromatic N) is 2. The number of guanidine groups is 1. The summed E-state index contributed by atoms with van der Waals surface area (Å²) >= 11 is 0. The fourth-order valence-electron chi connectivity index (χ4n) is 3.02. The maximum atomic E-state index is 13.3. The van der Waals surface area contributed by atoms with Crippen LogP contribution in [0, 0.1) is 18.7 Å². The molecule has 0 spiro atoms. The lowest BCUT2D eigenvalue weighted by atomic mass is 10.1. The Morgan fingerprint density at radius 2 is 2.15 bits per heavy atom. The van der Waals surface area contributed by atoms with E-state index in [9.17, 15) is 4.39 Å². The quantitative estimate of drug-likeness (QED) is 0.375. The number of halogens is 2. The molecule has 0 aromatic heterocycles. The minimum absolute atomic E-state index is 0. The Bertz CT molecular complexity index is 583. The van der Waals surface area contributed by atoms with E-state index in [0.29, 0.717) is 18.0 Å². The molecule has 1 unspecified atom stereocenters. The summed E-state index contributed by atoms with van der Waals surface area (Å²) in [6.45, 7) is 11.4. The highest BCUT2D eigenvalue weighted by Gasteiger charge is 2.21. The molecule has 1 aliphatic heterocycles. The van der Waals surface area contributed by atoms with Crippen molar-refractivity contribution in [2.24, 2.45) is 10.9 Å². The van der Waals surface area contributed by atoms with Crippen LogP contribution in [0.4, 0.5) is 4.39 Å².